The van der Waals surface area contributed by atoms with E-state index in [9.17, 15) is 5.11 Å². The van der Waals surface area contributed by atoms with Crippen LogP contribution in [0, 0.1) is 12.8 Å². The number of benzene rings is 2. The minimum atomic E-state index is 0.0100. The third kappa shape index (κ3) is 9.52. The van der Waals surface area contributed by atoms with Crippen LogP contribution >= 0.6 is 0 Å². The topological polar surface area (TPSA) is 76.3 Å². The van der Waals surface area contributed by atoms with E-state index in [-0.39, 0.29) is 24.7 Å². The molecule has 3 unspecified atom stereocenters. The lowest BCUT2D eigenvalue weighted by atomic mass is 9.84. The maximum absolute atomic E-state index is 9.26. The van der Waals surface area contributed by atoms with Gasteiger partial charge in [0, 0.05) is 5.92 Å². The van der Waals surface area contributed by atoms with Gasteiger partial charge < -0.3 is 28.8 Å². The molecule has 0 aromatic heterocycles. The summed E-state index contributed by atoms with van der Waals surface area (Å²) in [4.78, 5) is 0. The highest BCUT2D eigenvalue weighted by Crippen LogP contribution is 2.34. The van der Waals surface area contributed by atoms with Gasteiger partial charge in [-0.3, -0.25) is 0 Å². The van der Waals surface area contributed by atoms with Gasteiger partial charge in [0.1, 0.15) is 36.9 Å². The van der Waals surface area contributed by atoms with Crippen molar-refractivity contribution in [2.75, 3.05) is 39.6 Å². The largest absolute Gasteiger partial charge is 0.491 e. The Bertz CT molecular complexity index is 921. The van der Waals surface area contributed by atoms with Crippen LogP contribution in [0.4, 0.5) is 0 Å². The van der Waals surface area contributed by atoms with Crippen molar-refractivity contribution in [1.82, 2.24) is 0 Å². The zero-order valence-corrected chi connectivity index (χ0v) is 21.0. The summed E-state index contributed by atoms with van der Waals surface area (Å²) in [7, 11) is 0. The van der Waals surface area contributed by atoms with Gasteiger partial charge in [0.05, 0.1) is 32.5 Å². The summed E-state index contributed by atoms with van der Waals surface area (Å²) in [5, 5.41) is 9.26. The van der Waals surface area contributed by atoms with E-state index in [0.29, 0.717) is 19.3 Å². The Morgan fingerprint density at radius 2 is 1.31 bits per heavy atom. The van der Waals surface area contributed by atoms with Gasteiger partial charge in [0.2, 0.25) is 0 Å². The number of aliphatic hydroxyl groups excluding tert-OH is 1. The first-order valence-corrected chi connectivity index (χ1v) is 12.2. The van der Waals surface area contributed by atoms with Gasteiger partial charge in [-0.15, -0.1) is 12.8 Å². The lowest BCUT2D eigenvalue weighted by Crippen LogP contribution is -2.07. The summed E-state index contributed by atoms with van der Waals surface area (Å²) in [5.41, 5.74) is 3.42. The Balaban J connectivity index is 0.000000537. The lowest BCUT2D eigenvalue weighted by Gasteiger charge is -2.21. The van der Waals surface area contributed by atoms with Gasteiger partial charge in [-0.25, -0.2) is 0 Å². The number of ether oxygens (including phenoxy) is 5. The number of terminal acetylenes is 1. The van der Waals surface area contributed by atoms with Crippen molar-refractivity contribution in [3.05, 3.63) is 83.5 Å². The van der Waals surface area contributed by atoms with Crippen molar-refractivity contribution in [3.63, 3.8) is 0 Å². The first-order chi connectivity index (χ1) is 17.7. The standard InChI is InChI=1S/C25H28O5.C3H6O.C2H2/c1-2-18(4-3-13-26)25(19-5-9-21(10-6-19)27-14-23-16-29-23)20-7-11-22(12-8-20)28-15-24-17-30-24;1-3-2-4-3;1-2/h2-12,23-26H,13-17H2,1H3;3H,2H2,1H3;1-2H/b4-3-,18-2+;;. The predicted molar refractivity (Wildman–Crippen MR) is 140 cm³/mol. The van der Waals surface area contributed by atoms with Crippen molar-refractivity contribution >= 4 is 0 Å². The fourth-order valence-electron chi connectivity index (χ4n) is 3.44. The molecule has 3 atom stereocenters. The molecule has 36 heavy (non-hydrogen) atoms. The molecule has 192 valence electrons. The average molecular weight is 493 g/mol. The predicted octanol–water partition coefficient (Wildman–Crippen LogP) is 4.52. The quantitative estimate of drug-likeness (QED) is 0.282. The van der Waals surface area contributed by atoms with Gasteiger partial charge in [0.15, 0.2) is 0 Å². The summed E-state index contributed by atoms with van der Waals surface area (Å²) in [6.45, 7) is 7.83. The smallest absolute Gasteiger partial charge is 0.119 e. The highest BCUT2D eigenvalue weighted by atomic mass is 16.6. The molecular weight excluding hydrogens is 456 g/mol. The second-order valence-electron chi connectivity index (χ2n) is 8.62. The molecule has 0 spiro atoms. The summed E-state index contributed by atoms with van der Waals surface area (Å²) < 4.78 is 26.7. The fraction of sp³-hybridized carbons (Fsp3) is 0.400. The van der Waals surface area contributed by atoms with E-state index in [2.05, 4.69) is 50.1 Å². The van der Waals surface area contributed by atoms with E-state index >= 15 is 0 Å². The van der Waals surface area contributed by atoms with Crippen LogP contribution in [0.2, 0.25) is 0 Å². The molecule has 3 heterocycles. The molecule has 6 heteroatoms. The van der Waals surface area contributed by atoms with E-state index in [1.165, 1.54) is 0 Å². The zero-order valence-electron chi connectivity index (χ0n) is 21.0. The maximum Gasteiger partial charge on any atom is 0.119 e. The molecule has 3 fully saturated rings. The molecule has 0 radical (unpaired) electrons. The third-order valence-corrected chi connectivity index (χ3v) is 5.69. The molecule has 3 aliphatic rings. The van der Waals surface area contributed by atoms with Crippen molar-refractivity contribution in [2.45, 2.75) is 38.1 Å². The molecule has 3 aliphatic heterocycles. The number of allylic oxidation sites excluding steroid dienone is 3. The summed E-state index contributed by atoms with van der Waals surface area (Å²) in [6, 6.07) is 16.4. The zero-order chi connectivity index (χ0) is 25.8. The second-order valence-corrected chi connectivity index (χ2v) is 8.62. The lowest BCUT2D eigenvalue weighted by molar-refractivity contribution is 0.263. The molecule has 0 saturated carbocycles. The van der Waals surface area contributed by atoms with Crippen molar-refractivity contribution in [1.29, 1.82) is 0 Å². The van der Waals surface area contributed by atoms with Gasteiger partial charge in [-0.1, -0.05) is 42.5 Å². The highest BCUT2D eigenvalue weighted by molar-refractivity contribution is 5.47. The summed E-state index contributed by atoms with van der Waals surface area (Å²) in [6.07, 6.45) is 14.9. The summed E-state index contributed by atoms with van der Waals surface area (Å²) in [5.74, 6) is 1.72. The number of hydrogen-bond donors (Lipinski definition) is 1. The molecule has 1 N–H and O–H groups in total. The monoisotopic (exact) mass is 492 g/mol. The molecular formula is C30H36O6. The number of hydrogen-bond acceptors (Lipinski definition) is 6. The van der Waals surface area contributed by atoms with Gasteiger partial charge in [0.25, 0.3) is 0 Å². The van der Waals surface area contributed by atoms with E-state index < -0.39 is 0 Å². The van der Waals surface area contributed by atoms with Crippen LogP contribution in [0.3, 0.4) is 0 Å². The number of epoxide rings is 3. The van der Waals surface area contributed by atoms with E-state index in [1.807, 2.05) is 37.3 Å². The summed E-state index contributed by atoms with van der Waals surface area (Å²) >= 11 is 0. The van der Waals surface area contributed by atoms with Crippen LogP contribution in [0.5, 0.6) is 11.5 Å². The van der Waals surface area contributed by atoms with Crippen molar-refractivity contribution in [3.8, 4) is 24.3 Å². The normalized spacial score (nSPS) is 22.4. The van der Waals surface area contributed by atoms with Crippen LogP contribution in [-0.2, 0) is 14.2 Å². The van der Waals surface area contributed by atoms with E-state index in [0.717, 1.165) is 48.0 Å². The molecule has 5 rings (SSSR count). The Morgan fingerprint density at radius 3 is 1.61 bits per heavy atom. The Morgan fingerprint density at radius 1 is 0.889 bits per heavy atom. The van der Waals surface area contributed by atoms with Crippen LogP contribution in [-0.4, -0.2) is 63.1 Å². The van der Waals surface area contributed by atoms with Crippen LogP contribution in [0.25, 0.3) is 0 Å². The molecule has 0 amide bonds. The molecule has 0 aliphatic carbocycles. The van der Waals surface area contributed by atoms with Crippen molar-refractivity contribution < 1.29 is 28.8 Å². The minimum Gasteiger partial charge on any atom is -0.491 e. The number of aliphatic hydroxyl groups is 1. The molecule has 6 nitrogen and oxygen atoms in total. The average Bonchev–Trinajstić information content (AvgIpc) is 3.76. The molecule has 2 aromatic carbocycles. The van der Waals surface area contributed by atoms with Crippen molar-refractivity contribution in [2.24, 2.45) is 0 Å². The highest BCUT2D eigenvalue weighted by Gasteiger charge is 2.24. The fourth-order valence-corrected chi connectivity index (χ4v) is 3.44. The van der Waals surface area contributed by atoms with Crippen LogP contribution in [0.1, 0.15) is 30.9 Å². The van der Waals surface area contributed by atoms with Gasteiger partial charge in [-0.2, -0.15) is 0 Å². The number of rotatable bonds is 11. The first-order valence-electron chi connectivity index (χ1n) is 12.2. The molecule has 0 bridgehead atoms. The Labute approximate surface area is 214 Å². The molecule has 2 aromatic rings. The minimum absolute atomic E-state index is 0.0100. The Hall–Kier alpha value is -3.08. The van der Waals surface area contributed by atoms with Crippen LogP contribution in [0.15, 0.2) is 72.3 Å². The Kier molecular flexibility index (Phi) is 11.1. The van der Waals surface area contributed by atoms with Gasteiger partial charge >= 0.3 is 0 Å². The third-order valence-electron chi connectivity index (χ3n) is 5.69. The molecule has 3 saturated heterocycles. The van der Waals surface area contributed by atoms with Gasteiger partial charge in [-0.05, 0) is 54.8 Å². The van der Waals surface area contributed by atoms with Crippen LogP contribution < -0.4 is 9.47 Å². The first kappa shape index (κ1) is 27.5. The van der Waals surface area contributed by atoms with E-state index in [4.69, 9.17) is 23.7 Å². The second kappa shape index (κ2) is 14.5. The SMILES string of the molecule is C#C.C/C=C(\C=C/CO)C(c1ccc(OCC2CO2)cc1)c1ccc(OCC2CO2)cc1.CC1CO1. The van der Waals surface area contributed by atoms with E-state index in [1.54, 1.807) is 6.08 Å². The maximum atomic E-state index is 9.26.